The maximum absolute atomic E-state index is 14.5. The van der Waals surface area contributed by atoms with E-state index < -0.39 is 53.1 Å². The van der Waals surface area contributed by atoms with Crippen molar-refractivity contribution < 1.29 is 45.7 Å². The second-order valence-electron chi connectivity index (χ2n) is 11.6. The van der Waals surface area contributed by atoms with E-state index in [9.17, 15) is 31.1 Å². The topological polar surface area (TPSA) is 129 Å². The molecule has 1 aliphatic rings. The average Bonchev–Trinajstić information content (AvgIpc) is 3.50. The molecule has 0 fully saturated rings. The molecule has 4 aromatic rings. The number of ether oxygens (including phenoxy) is 2. The Labute approximate surface area is 288 Å². The summed E-state index contributed by atoms with van der Waals surface area (Å²) in [6, 6.07) is 23.1. The van der Waals surface area contributed by atoms with Crippen LogP contribution in [0, 0.1) is 0 Å². The predicted molar refractivity (Wildman–Crippen MR) is 174 cm³/mol. The van der Waals surface area contributed by atoms with Crippen LogP contribution in [0.3, 0.4) is 0 Å². The van der Waals surface area contributed by atoms with Gasteiger partial charge in [-0.3, -0.25) is 4.79 Å². The molecule has 0 aromatic heterocycles. The summed E-state index contributed by atoms with van der Waals surface area (Å²) < 4.78 is 93.7. The largest absolute Gasteiger partial charge is 0.494 e. The molecular weight excluding hydrogens is 680 g/mol. The molecule has 1 aliphatic heterocycles. The molecule has 9 nitrogen and oxygen atoms in total. The Morgan fingerprint density at radius 3 is 2.16 bits per heavy atom. The third-order valence-electron chi connectivity index (χ3n) is 8.12. The quantitative estimate of drug-likeness (QED) is 0.0477. The Morgan fingerprint density at radius 2 is 1.55 bits per heavy atom. The van der Waals surface area contributed by atoms with Gasteiger partial charge >= 0.3 is 12.4 Å². The van der Waals surface area contributed by atoms with Crippen molar-refractivity contribution in [3.63, 3.8) is 0 Å². The van der Waals surface area contributed by atoms with E-state index in [1.165, 1.54) is 0 Å². The van der Waals surface area contributed by atoms with Gasteiger partial charge in [0.15, 0.2) is 11.6 Å². The summed E-state index contributed by atoms with van der Waals surface area (Å²) in [4.78, 5) is 22.2. The van der Waals surface area contributed by atoms with E-state index in [1.54, 1.807) is 78.9 Å². The van der Waals surface area contributed by atoms with Gasteiger partial charge in [-0.15, -0.1) is 0 Å². The van der Waals surface area contributed by atoms with Crippen molar-refractivity contribution in [1.29, 1.82) is 0 Å². The Morgan fingerprint density at radius 1 is 0.922 bits per heavy atom. The Kier molecular flexibility index (Phi) is 11.2. The lowest BCUT2D eigenvalue weighted by Crippen LogP contribution is -2.49. The number of nitrogens with one attached hydrogen (secondary N) is 1. The van der Waals surface area contributed by atoms with Crippen LogP contribution in [0.1, 0.15) is 51.5 Å². The minimum atomic E-state index is -5.08. The molecule has 5 rings (SSSR count). The molecule has 0 aliphatic carbocycles. The third kappa shape index (κ3) is 8.80. The summed E-state index contributed by atoms with van der Waals surface area (Å²) in [5, 5.41) is 15.2. The van der Waals surface area contributed by atoms with Gasteiger partial charge in [0.2, 0.25) is 5.90 Å². The fourth-order valence-corrected chi connectivity index (χ4v) is 5.65. The van der Waals surface area contributed by atoms with E-state index in [4.69, 9.17) is 25.1 Å². The highest BCUT2D eigenvalue weighted by molar-refractivity contribution is 6.01. The summed E-state index contributed by atoms with van der Waals surface area (Å²) in [5.41, 5.74) is 5.74. The van der Waals surface area contributed by atoms with Crippen LogP contribution in [0.5, 0.6) is 5.75 Å². The van der Waals surface area contributed by atoms with Crippen LogP contribution in [-0.4, -0.2) is 35.7 Å². The molecule has 0 radical (unpaired) electrons. The number of aliphatic imine (C=N–C) groups is 1. The summed E-state index contributed by atoms with van der Waals surface area (Å²) >= 11 is 0. The molecule has 15 heteroatoms. The van der Waals surface area contributed by atoms with Crippen LogP contribution in [0.4, 0.5) is 26.3 Å². The number of rotatable bonds is 13. The van der Waals surface area contributed by atoms with Crippen molar-refractivity contribution in [2.45, 2.75) is 49.9 Å². The molecule has 51 heavy (non-hydrogen) atoms. The SMILES string of the molecule is [N-]=[N+]=NCc1ccccc1C[C@@]1(C(=O)NCc2cc(C(F)(F)F)cc(C(F)(F)F)c2)N=C(c2ccc(OCCCO)cc2)O[C@@H]1c1ccccc1. The fourth-order valence-electron chi connectivity index (χ4n) is 5.65. The van der Waals surface area contributed by atoms with Gasteiger partial charge < -0.3 is 19.9 Å². The predicted octanol–water partition coefficient (Wildman–Crippen LogP) is 8.11. The zero-order valence-corrected chi connectivity index (χ0v) is 26.8. The van der Waals surface area contributed by atoms with E-state index in [-0.39, 0.29) is 38.1 Å². The lowest BCUT2D eigenvalue weighted by molar-refractivity contribution is -0.143. The van der Waals surface area contributed by atoms with Crippen molar-refractivity contribution >= 4 is 11.8 Å². The molecule has 4 aromatic carbocycles. The van der Waals surface area contributed by atoms with E-state index in [0.717, 1.165) is 0 Å². The van der Waals surface area contributed by atoms with Gasteiger partial charge in [0, 0.05) is 36.5 Å². The van der Waals surface area contributed by atoms with Gasteiger partial charge in [0.05, 0.1) is 24.3 Å². The number of amides is 1. The molecule has 1 heterocycles. The highest BCUT2D eigenvalue weighted by Crippen LogP contribution is 2.43. The lowest BCUT2D eigenvalue weighted by Gasteiger charge is -2.31. The van der Waals surface area contributed by atoms with Gasteiger partial charge in [0.1, 0.15) is 5.75 Å². The van der Waals surface area contributed by atoms with Gasteiger partial charge in [-0.05, 0) is 70.2 Å². The van der Waals surface area contributed by atoms with Crippen molar-refractivity contribution in [2.24, 2.45) is 10.1 Å². The highest BCUT2D eigenvalue weighted by atomic mass is 19.4. The van der Waals surface area contributed by atoms with Crippen molar-refractivity contribution in [1.82, 2.24) is 5.32 Å². The second-order valence-corrected chi connectivity index (χ2v) is 11.6. The fraction of sp³-hybridized carbons (Fsp3) is 0.278. The van der Waals surface area contributed by atoms with Crippen LogP contribution >= 0.6 is 0 Å². The standard InChI is InChI=1S/C36H31F6N5O4/c37-35(38,39)28-17-23(18-29(19-28)36(40,41)42)21-44-33(49)34(20-26-9-4-5-10-27(26)22-45-47-43)31(24-7-2-1-3-8-24)51-32(46-34)25-11-13-30(14-12-25)50-16-6-15-48/h1-5,7-14,17-19,31,48H,6,15-16,20-22H2,(H,44,49)/t31-,34-/m1/s1. The zero-order valence-electron chi connectivity index (χ0n) is 26.8. The van der Waals surface area contributed by atoms with Crippen molar-refractivity contribution in [3.8, 4) is 5.75 Å². The molecule has 0 spiro atoms. The number of aliphatic hydroxyl groups excluding tert-OH is 1. The normalized spacial score (nSPS) is 17.2. The van der Waals surface area contributed by atoms with Crippen LogP contribution < -0.4 is 10.1 Å². The average molecular weight is 712 g/mol. The molecule has 0 saturated heterocycles. The number of hydrogen-bond acceptors (Lipinski definition) is 6. The smallest absolute Gasteiger partial charge is 0.416 e. The third-order valence-corrected chi connectivity index (χ3v) is 8.12. The number of hydrogen-bond donors (Lipinski definition) is 2. The van der Waals surface area contributed by atoms with E-state index in [2.05, 4.69) is 15.3 Å². The Hall–Kier alpha value is -5.53. The number of carbonyl (C=O) groups is 1. The lowest BCUT2D eigenvalue weighted by atomic mass is 9.81. The molecule has 266 valence electrons. The van der Waals surface area contributed by atoms with E-state index in [1.807, 2.05) is 0 Å². The van der Waals surface area contributed by atoms with E-state index >= 15 is 0 Å². The van der Waals surface area contributed by atoms with Gasteiger partial charge in [-0.1, -0.05) is 59.7 Å². The number of azide groups is 1. The molecule has 2 N–H and O–H groups in total. The number of benzene rings is 4. The zero-order chi connectivity index (χ0) is 36.6. The number of aliphatic hydroxyl groups is 1. The minimum absolute atomic E-state index is 0.0171. The number of carbonyl (C=O) groups excluding carboxylic acids is 1. The summed E-state index contributed by atoms with van der Waals surface area (Å²) in [6.45, 7) is -0.532. The summed E-state index contributed by atoms with van der Waals surface area (Å²) in [6.07, 6.45) is -11.0. The molecule has 1 amide bonds. The maximum Gasteiger partial charge on any atom is 0.416 e. The number of alkyl halides is 6. The first-order valence-corrected chi connectivity index (χ1v) is 15.6. The van der Waals surface area contributed by atoms with Crippen molar-refractivity contribution in [3.05, 3.63) is 146 Å². The molecule has 0 saturated carbocycles. The number of halogens is 6. The monoisotopic (exact) mass is 711 g/mol. The minimum Gasteiger partial charge on any atom is -0.494 e. The Bertz CT molecular complexity index is 1880. The van der Waals surface area contributed by atoms with Gasteiger partial charge in [0.25, 0.3) is 5.91 Å². The molecular formula is C36H31F6N5O4. The second kappa shape index (κ2) is 15.6. The van der Waals surface area contributed by atoms with Crippen LogP contribution in [-0.2, 0) is 41.4 Å². The van der Waals surface area contributed by atoms with Crippen LogP contribution in [0.25, 0.3) is 10.4 Å². The van der Waals surface area contributed by atoms with Gasteiger partial charge in [-0.25, -0.2) is 4.99 Å². The summed E-state index contributed by atoms with van der Waals surface area (Å²) in [5.74, 6) is -0.285. The van der Waals surface area contributed by atoms with Crippen molar-refractivity contribution in [2.75, 3.05) is 13.2 Å². The maximum atomic E-state index is 14.5. The molecule has 0 bridgehead atoms. The molecule has 2 atom stereocenters. The summed E-state index contributed by atoms with van der Waals surface area (Å²) in [7, 11) is 0. The number of nitrogens with zero attached hydrogens (tertiary/aromatic N) is 4. The van der Waals surface area contributed by atoms with Crippen LogP contribution in [0.2, 0.25) is 0 Å². The highest BCUT2D eigenvalue weighted by Gasteiger charge is 2.53. The molecule has 0 unspecified atom stereocenters. The first-order chi connectivity index (χ1) is 24.3. The van der Waals surface area contributed by atoms with Gasteiger partial charge in [-0.2, -0.15) is 26.3 Å². The van der Waals surface area contributed by atoms with E-state index in [0.29, 0.717) is 46.6 Å². The first kappa shape index (κ1) is 36.7. The first-order valence-electron chi connectivity index (χ1n) is 15.6. The Balaban J connectivity index is 1.60. The van der Waals surface area contributed by atoms with Crippen LogP contribution in [0.15, 0.2) is 107 Å².